The van der Waals surface area contributed by atoms with Gasteiger partial charge in [0.15, 0.2) is 0 Å². The molecule has 4 N–H and O–H groups in total. The molecule has 0 saturated carbocycles. The monoisotopic (exact) mass is 1200 g/mol. The molecule has 0 aliphatic rings. The lowest BCUT2D eigenvalue weighted by molar-refractivity contribution is -0.138. The molecule has 0 aromatic heterocycles. The molecular formula is C64H110Br2O10. The lowest BCUT2D eigenvalue weighted by Crippen LogP contribution is -1.96. The van der Waals surface area contributed by atoms with Gasteiger partial charge in [0.2, 0.25) is 0 Å². The first-order valence-electron chi connectivity index (χ1n) is 27.2. The van der Waals surface area contributed by atoms with E-state index in [0.717, 1.165) is 58.5 Å². The number of aliphatic carboxylic acids is 4. The highest BCUT2D eigenvalue weighted by molar-refractivity contribution is 9.09. The SMILES string of the molecule is BrCCCc1ccccc1.C/C=C/C(=O)O.CC.CC.CC.CC.CC.CC.CC.CC.CC=O.CCCC(=O)O.CCCCBr.O=C(O)/C=C/c1ccccc1.O=C(O)CCc1ccccc1.O=Cc1ccccc1. The van der Waals surface area contributed by atoms with E-state index in [1.807, 2.05) is 197 Å². The fourth-order valence-electron chi connectivity index (χ4n) is 3.56. The van der Waals surface area contributed by atoms with Crippen LogP contribution in [0.3, 0.4) is 0 Å². The van der Waals surface area contributed by atoms with Crippen LogP contribution in [0.4, 0.5) is 0 Å². The Kier molecular flexibility index (Phi) is 144. The molecule has 0 aliphatic carbocycles. The van der Waals surface area contributed by atoms with Crippen LogP contribution in [0.25, 0.3) is 6.08 Å². The molecule has 4 aromatic carbocycles. The normalized spacial score (nSPS) is 7.76. The second-order valence-corrected chi connectivity index (χ2v) is 13.1. The number of alkyl halides is 2. The molecule has 0 bridgehead atoms. The number of aldehydes is 2. The number of hydrogen-bond donors (Lipinski definition) is 4. The molecule has 12 heteroatoms. The van der Waals surface area contributed by atoms with Crippen molar-refractivity contribution in [2.45, 2.75) is 190 Å². The Morgan fingerprint density at radius 2 is 0.724 bits per heavy atom. The zero-order chi connectivity index (χ0) is 62.1. The van der Waals surface area contributed by atoms with Crippen molar-refractivity contribution in [3.05, 3.63) is 162 Å². The molecule has 10 nitrogen and oxygen atoms in total. The average molecular weight is 1200 g/mol. The standard InChI is InChI=1S/C9H11Br.C9H10O2.C9H8O2.C7H6O.C4H9Br.C4H8O2.C4H6O2.C2H4O.8C2H6/c10-8-4-7-9-5-2-1-3-6-9;2*10-9(11)7-6-8-4-2-1-3-5-8;8-6-7-4-2-1-3-5-7;1-2-3-4-5;2*1-2-3-4(5)6;1-2-3;8*1-2/h1-3,5-6H,4,7-8H2;1-5H,6-7H2,(H,10,11);1-7H,(H,10,11);1-6H;2-4H2,1H3;2-3H2,1H3,(H,5,6);2-3H,1H3,(H,5,6);2H,1H3;8*1-2H3/b;;7-6+;;;;3-2+;;;;;;;;;. The van der Waals surface area contributed by atoms with Crippen molar-refractivity contribution in [3.63, 3.8) is 0 Å². The number of hydrogen-bond acceptors (Lipinski definition) is 6. The number of carbonyl (C=O) groups excluding carboxylic acids is 2. The Hall–Kier alpha value is -5.46. The minimum Gasteiger partial charge on any atom is -0.481 e. The van der Waals surface area contributed by atoms with Crippen molar-refractivity contribution < 1.29 is 49.2 Å². The van der Waals surface area contributed by atoms with E-state index < -0.39 is 23.9 Å². The minimum absolute atomic E-state index is 0.212. The van der Waals surface area contributed by atoms with E-state index in [-0.39, 0.29) is 6.42 Å². The number of benzene rings is 4. The number of rotatable bonds is 14. The van der Waals surface area contributed by atoms with Crippen LogP contribution in [0.5, 0.6) is 0 Å². The minimum atomic E-state index is -0.922. The molecule has 0 amide bonds. The van der Waals surface area contributed by atoms with E-state index in [0.29, 0.717) is 12.8 Å². The fourth-order valence-corrected chi connectivity index (χ4v) is 4.41. The van der Waals surface area contributed by atoms with Crippen LogP contribution in [-0.4, -0.2) is 67.5 Å². The predicted octanol–water partition coefficient (Wildman–Crippen LogP) is 20.1. The van der Waals surface area contributed by atoms with Gasteiger partial charge in [-0.25, -0.2) is 9.59 Å². The third kappa shape index (κ3) is 122. The van der Waals surface area contributed by atoms with Gasteiger partial charge in [0, 0.05) is 41.2 Å². The lowest BCUT2D eigenvalue weighted by atomic mass is 10.1. The highest BCUT2D eigenvalue weighted by Crippen LogP contribution is 2.04. The summed E-state index contributed by atoms with van der Waals surface area (Å²) in [6.07, 6.45) is 13.7. The van der Waals surface area contributed by atoms with Gasteiger partial charge in [0.25, 0.3) is 0 Å². The Bertz CT molecular complexity index is 1650. The van der Waals surface area contributed by atoms with Crippen molar-refractivity contribution in [2.24, 2.45) is 0 Å². The second kappa shape index (κ2) is 110. The molecule has 4 aromatic rings. The maximum atomic E-state index is 10.2. The first-order chi connectivity index (χ1) is 36.8. The van der Waals surface area contributed by atoms with E-state index in [1.165, 1.54) is 44.2 Å². The Morgan fingerprint density at radius 3 is 0.921 bits per heavy atom. The molecule has 0 unspecified atom stereocenters. The summed E-state index contributed by atoms with van der Waals surface area (Å²) in [4.78, 5) is 58.2. The first-order valence-corrected chi connectivity index (χ1v) is 29.4. The average Bonchev–Trinajstić information content (AvgIpc) is 3.48. The summed E-state index contributed by atoms with van der Waals surface area (Å²) in [7, 11) is 0. The van der Waals surface area contributed by atoms with Gasteiger partial charge in [-0.2, -0.15) is 0 Å². The third-order valence-electron chi connectivity index (χ3n) is 6.33. The number of carbonyl (C=O) groups is 6. The van der Waals surface area contributed by atoms with Crippen LogP contribution in [0.15, 0.2) is 140 Å². The van der Waals surface area contributed by atoms with Crippen LogP contribution >= 0.6 is 31.9 Å². The van der Waals surface area contributed by atoms with Gasteiger partial charge in [-0.15, -0.1) is 0 Å². The predicted molar refractivity (Wildman–Crippen MR) is 342 cm³/mol. The van der Waals surface area contributed by atoms with Crippen molar-refractivity contribution in [2.75, 3.05) is 10.7 Å². The Labute approximate surface area is 483 Å². The van der Waals surface area contributed by atoms with Gasteiger partial charge in [0.1, 0.15) is 12.6 Å². The first kappa shape index (κ1) is 99.5. The molecule has 0 radical (unpaired) electrons. The van der Waals surface area contributed by atoms with Crippen LogP contribution in [0.1, 0.15) is 204 Å². The largest absolute Gasteiger partial charge is 0.481 e. The molecule has 76 heavy (non-hydrogen) atoms. The molecule has 0 saturated heterocycles. The summed E-state index contributed by atoms with van der Waals surface area (Å²) in [6, 6.07) is 38.6. The molecule has 0 fully saturated rings. The van der Waals surface area contributed by atoms with Crippen molar-refractivity contribution in [1.82, 2.24) is 0 Å². The summed E-state index contributed by atoms with van der Waals surface area (Å²) < 4.78 is 0. The summed E-state index contributed by atoms with van der Waals surface area (Å²) in [5.41, 5.74) is 4.14. The number of aryl methyl sites for hydroxylation is 2. The van der Waals surface area contributed by atoms with Gasteiger partial charge < -0.3 is 25.2 Å². The number of allylic oxidation sites excluding steroid dienone is 1. The molecule has 0 aliphatic heterocycles. The number of halogens is 2. The Balaban J connectivity index is -0.0000000603. The lowest BCUT2D eigenvalue weighted by Gasteiger charge is -1.95. The topological polar surface area (TPSA) is 183 Å². The van der Waals surface area contributed by atoms with E-state index in [9.17, 15) is 24.0 Å². The molecular weight excluding hydrogens is 1090 g/mol. The van der Waals surface area contributed by atoms with E-state index in [2.05, 4.69) is 69.1 Å². The Morgan fingerprint density at radius 1 is 0.421 bits per heavy atom. The summed E-state index contributed by atoms with van der Waals surface area (Å²) in [5.74, 6) is -3.27. The molecule has 0 spiro atoms. The quantitative estimate of drug-likeness (QED) is 0.0538. The van der Waals surface area contributed by atoms with Crippen molar-refractivity contribution >= 4 is 74.4 Å². The van der Waals surface area contributed by atoms with Crippen LogP contribution in [0, 0.1) is 0 Å². The summed E-state index contributed by atoms with van der Waals surface area (Å²) in [6.45, 7) is 39.1. The van der Waals surface area contributed by atoms with E-state index >= 15 is 0 Å². The van der Waals surface area contributed by atoms with Crippen LogP contribution < -0.4 is 0 Å². The van der Waals surface area contributed by atoms with E-state index in [4.69, 9.17) is 25.2 Å². The zero-order valence-corrected chi connectivity index (χ0v) is 54.2. The number of carboxylic acid groups (broad SMARTS) is 4. The van der Waals surface area contributed by atoms with Gasteiger partial charge in [-0.05, 0) is 68.7 Å². The third-order valence-corrected chi connectivity index (χ3v) is 7.45. The van der Waals surface area contributed by atoms with Gasteiger partial charge in [-0.3, -0.25) is 14.4 Å². The molecule has 0 heterocycles. The zero-order valence-electron chi connectivity index (χ0n) is 51.1. The second-order valence-electron chi connectivity index (χ2n) is 11.5. The number of unbranched alkanes of at least 4 members (excludes halogenated alkanes) is 1. The maximum Gasteiger partial charge on any atom is 0.328 e. The highest BCUT2D eigenvalue weighted by atomic mass is 79.9. The van der Waals surface area contributed by atoms with Crippen molar-refractivity contribution in [1.29, 1.82) is 0 Å². The maximum absolute atomic E-state index is 10.2. The van der Waals surface area contributed by atoms with Crippen molar-refractivity contribution in [3.8, 4) is 0 Å². The van der Waals surface area contributed by atoms with E-state index in [1.54, 1.807) is 25.1 Å². The molecule has 0 atom stereocenters. The molecule has 4 rings (SSSR count). The van der Waals surface area contributed by atoms with Gasteiger partial charge in [-0.1, -0.05) is 290 Å². The fraction of sp³-hybridized carbons (Fsp3) is 0.469. The van der Waals surface area contributed by atoms with Crippen LogP contribution in [0.2, 0.25) is 0 Å². The summed E-state index contributed by atoms with van der Waals surface area (Å²) in [5, 5.41) is 34.7. The highest BCUT2D eigenvalue weighted by Gasteiger charge is 1.96. The number of carboxylic acids is 4. The smallest absolute Gasteiger partial charge is 0.328 e. The molecule has 440 valence electrons. The van der Waals surface area contributed by atoms with Gasteiger partial charge in [0.05, 0.1) is 0 Å². The van der Waals surface area contributed by atoms with Crippen LogP contribution in [-0.2, 0) is 36.8 Å². The summed E-state index contributed by atoms with van der Waals surface area (Å²) >= 11 is 6.72. The van der Waals surface area contributed by atoms with Gasteiger partial charge >= 0.3 is 23.9 Å².